The van der Waals surface area contributed by atoms with E-state index in [1.807, 2.05) is 13.8 Å². The number of carbonyl (C=O) groups excluding carboxylic acids is 1. The van der Waals surface area contributed by atoms with Gasteiger partial charge in [0.25, 0.3) is 0 Å². The van der Waals surface area contributed by atoms with Gasteiger partial charge in [-0.05, 0) is 32.1 Å². The van der Waals surface area contributed by atoms with Crippen LogP contribution in [0.4, 0.5) is 0 Å². The van der Waals surface area contributed by atoms with Gasteiger partial charge in [0.05, 0.1) is 23.1 Å². The predicted octanol–water partition coefficient (Wildman–Crippen LogP) is 1.45. The molecule has 1 aliphatic rings. The molecule has 0 aromatic heterocycles. The van der Waals surface area contributed by atoms with Gasteiger partial charge in [-0.2, -0.15) is 0 Å². The Bertz CT molecular complexity index is 316. The number of hydrogen-bond donors (Lipinski definition) is 2. The zero-order valence-corrected chi connectivity index (χ0v) is 12.1. The molecular formula is C13H24N2O2S. The van der Waals surface area contributed by atoms with E-state index in [9.17, 15) is 9.90 Å². The Morgan fingerprint density at radius 3 is 2.50 bits per heavy atom. The summed E-state index contributed by atoms with van der Waals surface area (Å²) in [4.78, 5) is 14.8. The van der Waals surface area contributed by atoms with Crippen molar-refractivity contribution in [2.75, 3.05) is 13.2 Å². The van der Waals surface area contributed by atoms with E-state index in [0.29, 0.717) is 19.4 Å². The summed E-state index contributed by atoms with van der Waals surface area (Å²) in [6.45, 7) is 4.61. The Balaban J connectivity index is 2.98. The number of nitrogens with zero attached hydrogens (tertiary/aromatic N) is 1. The maximum atomic E-state index is 12.7. The molecule has 1 saturated heterocycles. The highest BCUT2D eigenvalue weighted by Gasteiger charge is 2.43. The molecule has 0 aromatic rings. The number of aliphatic hydroxyl groups is 1. The van der Waals surface area contributed by atoms with Gasteiger partial charge in [0.15, 0.2) is 0 Å². The molecule has 5 heteroatoms. The Morgan fingerprint density at radius 1 is 1.44 bits per heavy atom. The lowest BCUT2D eigenvalue weighted by atomic mass is 9.79. The van der Waals surface area contributed by atoms with Gasteiger partial charge in [0.1, 0.15) is 0 Å². The van der Waals surface area contributed by atoms with Gasteiger partial charge in [0, 0.05) is 6.54 Å². The van der Waals surface area contributed by atoms with Crippen molar-refractivity contribution < 1.29 is 9.90 Å². The van der Waals surface area contributed by atoms with Crippen LogP contribution in [0.15, 0.2) is 0 Å². The monoisotopic (exact) mass is 272 g/mol. The van der Waals surface area contributed by atoms with Crippen LogP contribution in [0.1, 0.15) is 46.0 Å². The molecule has 0 bridgehead atoms. The molecule has 0 aromatic carbocycles. The number of amides is 1. The first-order chi connectivity index (χ1) is 8.53. The lowest BCUT2D eigenvalue weighted by Crippen LogP contribution is -2.55. The maximum Gasteiger partial charge on any atom is 0.235 e. The van der Waals surface area contributed by atoms with Gasteiger partial charge in [-0.3, -0.25) is 4.79 Å². The minimum absolute atomic E-state index is 0.00116. The minimum atomic E-state index is -0.736. The highest BCUT2D eigenvalue weighted by molar-refractivity contribution is 7.80. The van der Waals surface area contributed by atoms with E-state index >= 15 is 0 Å². The highest BCUT2D eigenvalue weighted by atomic mass is 32.1. The van der Waals surface area contributed by atoms with E-state index in [0.717, 1.165) is 19.3 Å². The summed E-state index contributed by atoms with van der Waals surface area (Å²) in [5, 5.41) is 9.40. The quantitative estimate of drug-likeness (QED) is 0.744. The molecule has 1 unspecified atom stereocenters. The number of nitrogens with two attached hydrogens (primary N) is 1. The molecule has 3 N–H and O–H groups in total. The van der Waals surface area contributed by atoms with Crippen LogP contribution in [0.25, 0.3) is 0 Å². The van der Waals surface area contributed by atoms with E-state index in [4.69, 9.17) is 18.0 Å². The van der Waals surface area contributed by atoms with Gasteiger partial charge in [-0.1, -0.05) is 26.1 Å². The first kappa shape index (κ1) is 15.4. The van der Waals surface area contributed by atoms with Crippen LogP contribution in [-0.4, -0.2) is 40.1 Å². The largest absolute Gasteiger partial charge is 0.394 e. The summed E-state index contributed by atoms with van der Waals surface area (Å²) in [6, 6.07) is -0.0712. The fourth-order valence-corrected chi connectivity index (χ4v) is 3.11. The summed E-state index contributed by atoms with van der Waals surface area (Å²) in [7, 11) is 0. The topological polar surface area (TPSA) is 66.6 Å². The summed E-state index contributed by atoms with van der Waals surface area (Å²) in [5.41, 5.74) is 5.07. The van der Waals surface area contributed by atoms with E-state index in [1.54, 1.807) is 4.90 Å². The van der Waals surface area contributed by atoms with Crippen molar-refractivity contribution in [2.24, 2.45) is 11.1 Å². The lowest BCUT2D eigenvalue weighted by Gasteiger charge is -2.41. The average Bonchev–Trinajstić information content (AvgIpc) is 2.40. The smallest absolute Gasteiger partial charge is 0.235 e. The van der Waals surface area contributed by atoms with Crippen LogP contribution in [0, 0.1) is 5.41 Å². The van der Waals surface area contributed by atoms with Crippen LogP contribution in [0.5, 0.6) is 0 Å². The molecule has 0 radical (unpaired) electrons. The van der Waals surface area contributed by atoms with Gasteiger partial charge in [0.2, 0.25) is 5.91 Å². The third kappa shape index (κ3) is 2.67. The Morgan fingerprint density at radius 2 is 2.06 bits per heavy atom. The van der Waals surface area contributed by atoms with Crippen LogP contribution in [-0.2, 0) is 4.79 Å². The third-order valence-electron chi connectivity index (χ3n) is 4.19. The normalized spacial score (nSPS) is 20.8. The lowest BCUT2D eigenvalue weighted by molar-refractivity contribution is -0.143. The molecule has 104 valence electrons. The molecule has 18 heavy (non-hydrogen) atoms. The fraction of sp³-hybridized carbons (Fsp3) is 0.846. The van der Waals surface area contributed by atoms with Crippen LogP contribution in [0.3, 0.4) is 0 Å². The van der Waals surface area contributed by atoms with Gasteiger partial charge in [-0.25, -0.2) is 0 Å². The van der Waals surface area contributed by atoms with Gasteiger partial charge < -0.3 is 15.7 Å². The predicted molar refractivity (Wildman–Crippen MR) is 76.2 cm³/mol. The second-order valence-corrected chi connectivity index (χ2v) is 5.42. The van der Waals surface area contributed by atoms with E-state index in [-0.39, 0.29) is 23.5 Å². The van der Waals surface area contributed by atoms with Crippen molar-refractivity contribution in [3.8, 4) is 0 Å². The van der Waals surface area contributed by atoms with Crippen molar-refractivity contribution >= 4 is 23.1 Å². The zero-order chi connectivity index (χ0) is 13.8. The second kappa shape index (κ2) is 6.48. The average molecular weight is 272 g/mol. The number of likely N-dealkylation sites (tertiary alicyclic amines) is 1. The number of carbonyl (C=O) groups is 1. The van der Waals surface area contributed by atoms with E-state index < -0.39 is 5.41 Å². The number of piperidine rings is 1. The van der Waals surface area contributed by atoms with E-state index in [2.05, 4.69) is 0 Å². The molecule has 1 atom stereocenters. The zero-order valence-electron chi connectivity index (χ0n) is 11.3. The van der Waals surface area contributed by atoms with Crippen molar-refractivity contribution in [1.29, 1.82) is 0 Å². The number of thiocarbonyl (C=S) groups is 1. The second-order valence-electron chi connectivity index (χ2n) is 4.98. The van der Waals surface area contributed by atoms with Gasteiger partial charge >= 0.3 is 0 Å². The van der Waals surface area contributed by atoms with Gasteiger partial charge in [-0.15, -0.1) is 0 Å². The highest BCUT2D eigenvalue weighted by Crippen LogP contribution is 2.32. The molecule has 1 heterocycles. The number of aliphatic hydroxyl groups excluding tert-OH is 1. The van der Waals surface area contributed by atoms with Crippen LogP contribution in [0.2, 0.25) is 0 Å². The number of hydrogen-bond acceptors (Lipinski definition) is 3. The third-order valence-corrected chi connectivity index (χ3v) is 4.58. The maximum absolute atomic E-state index is 12.7. The molecule has 1 fully saturated rings. The standard InChI is InChI=1S/C13H24N2O2S/c1-3-13(4-2,11(14)18)12(17)15-8-6-5-7-10(15)9-16/h10,16H,3-9H2,1-2H3,(H2,14,18). The van der Waals surface area contributed by atoms with Crippen molar-refractivity contribution in [3.05, 3.63) is 0 Å². The summed E-state index contributed by atoms with van der Waals surface area (Å²) >= 11 is 5.12. The Hall–Kier alpha value is -0.680. The van der Waals surface area contributed by atoms with Crippen LogP contribution >= 0.6 is 12.2 Å². The SMILES string of the molecule is CCC(CC)(C(=O)N1CCCCC1CO)C(N)=S. The summed E-state index contributed by atoms with van der Waals surface area (Å²) in [6.07, 6.45) is 4.15. The molecule has 1 aliphatic heterocycles. The van der Waals surface area contributed by atoms with Crippen molar-refractivity contribution in [3.63, 3.8) is 0 Å². The molecular weight excluding hydrogens is 248 g/mol. The van der Waals surface area contributed by atoms with Crippen molar-refractivity contribution in [1.82, 2.24) is 4.90 Å². The summed E-state index contributed by atoms with van der Waals surface area (Å²) in [5.74, 6) is -0.00116. The molecule has 0 spiro atoms. The van der Waals surface area contributed by atoms with Crippen molar-refractivity contribution in [2.45, 2.75) is 52.0 Å². The fourth-order valence-electron chi connectivity index (χ4n) is 2.74. The molecule has 1 amide bonds. The molecule has 4 nitrogen and oxygen atoms in total. The molecule has 0 saturated carbocycles. The minimum Gasteiger partial charge on any atom is -0.394 e. The van der Waals surface area contributed by atoms with Crippen LogP contribution < -0.4 is 5.73 Å². The first-order valence-electron chi connectivity index (χ1n) is 6.75. The van der Waals surface area contributed by atoms with E-state index in [1.165, 1.54) is 0 Å². The number of rotatable bonds is 5. The molecule has 1 rings (SSSR count). The Kier molecular flexibility index (Phi) is 5.53. The summed E-state index contributed by atoms with van der Waals surface area (Å²) < 4.78 is 0. The first-order valence-corrected chi connectivity index (χ1v) is 7.16. The molecule has 0 aliphatic carbocycles. The Labute approximate surface area is 115 Å².